The van der Waals surface area contributed by atoms with Crippen LogP contribution in [0.2, 0.25) is 0 Å². The number of ether oxygens (including phenoxy) is 1. The summed E-state index contributed by atoms with van der Waals surface area (Å²) in [5.74, 6) is 0.379. The summed E-state index contributed by atoms with van der Waals surface area (Å²) in [5, 5.41) is 6.99. The molecule has 0 aliphatic heterocycles. The lowest BCUT2D eigenvalue weighted by Crippen LogP contribution is -2.21. The van der Waals surface area contributed by atoms with E-state index in [4.69, 9.17) is 13.7 Å². The zero-order valence-corrected chi connectivity index (χ0v) is 14.5. The van der Waals surface area contributed by atoms with Crippen LogP contribution in [0.5, 0.6) is 0 Å². The number of nitrogens with one attached hydrogen (secondary N) is 1. The number of hydrogen-bond donors (Lipinski definition) is 1. The Hall–Kier alpha value is -2.74. The van der Waals surface area contributed by atoms with Gasteiger partial charge in [-0.25, -0.2) is 4.79 Å². The van der Waals surface area contributed by atoms with Crippen molar-refractivity contribution in [2.24, 2.45) is 0 Å². The van der Waals surface area contributed by atoms with Crippen LogP contribution in [0.25, 0.3) is 11.0 Å². The summed E-state index contributed by atoms with van der Waals surface area (Å²) in [4.78, 5) is 24.2. The lowest BCUT2D eigenvalue weighted by atomic mass is 10.1. The monoisotopic (exact) mass is 360 g/mol. The van der Waals surface area contributed by atoms with Gasteiger partial charge in [-0.3, -0.25) is 4.79 Å². The molecular formula is C17H16N2O5S. The van der Waals surface area contributed by atoms with Crippen LogP contribution in [0.15, 0.2) is 39.3 Å². The van der Waals surface area contributed by atoms with Gasteiger partial charge in [-0.2, -0.15) is 11.8 Å². The van der Waals surface area contributed by atoms with Crippen LogP contribution in [0.1, 0.15) is 21.9 Å². The molecule has 1 N–H and O–H groups in total. The zero-order valence-electron chi connectivity index (χ0n) is 13.7. The Morgan fingerprint density at radius 3 is 2.84 bits per heavy atom. The smallest absolute Gasteiger partial charge is 0.375 e. The fourth-order valence-corrected chi connectivity index (χ4v) is 2.93. The number of carbonyl (C=O) groups excluding carboxylic acids is 2. The van der Waals surface area contributed by atoms with Crippen molar-refractivity contribution in [2.75, 3.05) is 18.2 Å². The van der Waals surface area contributed by atoms with Gasteiger partial charge >= 0.3 is 5.97 Å². The summed E-state index contributed by atoms with van der Waals surface area (Å²) in [7, 11) is 0. The number of hydrogen-bond acceptors (Lipinski definition) is 7. The number of nitrogens with zero attached hydrogens (tertiary/aromatic N) is 1. The standard InChI is InChI=1S/C17H16N2O5S/c1-10-7-14(19-24-10)18-15(20)8-22-17(21)16-12(9-25-2)11-5-3-4-6-13(11)23-16/h3-7H,8-9H2,1-2H3,(H,18,19,20). The van der Waals surface area contributed by atoms with Crippen LogP contribution in [0, 0.1) is 6.92 Å². The molecule has 7 nitrogen and oxygen atoms in total. The summed E-state index contributed by atoms with van der Waals surface area (Å²) in [6, 6.07) is 8.95. The first kappa shape index (κ1) is 17.1. The van der Waals surface area contributed by atoms with Crippen LogP contribution >= 0.6 is 11.8 Å². The highest BCUT2D eigenvalue weighted by molar-refractivity contribution is 7.97. The highest BCUT2D eigenvalue weighted by atomic mass is 32.2. The predicted molar refractivity (Wildman–Crippen MR) is 93.6 cm³/mol. The second kappa shape index (κ2) is 7.43. The maximum Gasteiger partial charge on any atom is 0.375 e. The summed E-state index contributed by atoms with van der Waals surface area (Å²) in [6.07, 6.45) is 1.93. The molecule has 0 saturated carbocycles. The Morgan fingerprint density at radius 1 is 1.32 bits per heavy atom. The average molecular weight is 360 g/mol. The van der Waals surface area contributed by atoms with Crippen LogP contribution in [0.4, 0.5) is 5.82 Å². The Labute approximate surface area is 147 Å². The van der Waals surface area contributed by atoms with Gasteiger partial charge in [-0.15, -0.1) is 0 Å². The molecule has 0 atom stereocenters. The Bertz CT molecular complexity index is 915. The molecule has 0 aliphatic carbocycles. The van der Waals surface area contributed by atoms with E-state index in [9.17, 15) is 9.59 Å². The van der Waals surface area contributed by atoms with Gasteiger partial charge in [-0.05, 0) is 19.2 Å². The van der Waals surface area contributed by atoms with E-state index in [1.807, 2.05) is 24.5 Å². The molecule has 0 saturated heterocycles. The molecule has 0 bridgehead atoms. The largest absolute Gasteiger partial charge is 0.450 e. The molecule has 0 fully saturated rings. The quantitative estimate of drug-likeness (QED) is 0.673. The number of aryl methyl sites for hydroxylation is 1. The molecule has 2 heterocycles. The maximum atomic E-state index is 12.3. The van der Waals surface area contributed by atoms with Crippen molar-refractivity contribution < 1.29 is 23.3 Å². The number of benzene rings is 1. The van der Waals surface area contributed by atoms with Crippen LogP contribution in [-0.4, -0.2) is 29.9 Å². The first-order chi connectivity index (χ1) is 12.1. The second-order valence-electron chi connectivity index (χ2n) is 5.29. The van der Waals surface area contributed by atoms with Crippen molar-refractivity contribution in [3.8, 4) is 0 Å². The lowest BCUT2D eigenvalue weighted by molar-refractivity contribution is -0.119. The molecule has 25 heavy (non-hydrogen) atoms. The fraction of sp³-hybridized carbons (Fsp3) is 0.235. The van der Waals surface area contributed by atoms with Crippen LogP contribution < -0.4 is 5.32 Å². The molecule has 130 valence electrons. The maximum absolute atomic E-state index is 12.3. The minimum Gasteiger partial charge on any atom is -0.450 e. The van der Waals surface area contributed by atoms with Gasteiger partial charge in [0.1, 0.15) is 11.3 Å². The second-order valence-corrected chi connectivity index (χ2v) is 6.15. The highest BCUT2D eigenvalue weighted by Crippen LogP contribution is 2.29. The van der Waals surface area contributed by atoms with E-state index in [1.165, 1.54) is 0 Å². The first-order valence-corrected chi connectivity index (χ1v) is 8.87. The van der Waals surface area contributed by atoms with Crippen molar-refractivity contribution in [1.82, 2.24) is 5.16 Å². The number of furan rings is 1. The first-order valence-electron chi connectivity index (χ1n) is 7.48. The highest BCUT2D eigenvalue weighted by Gasteiger charge is 2.22. The number of aromatic nitrogens is 1. The molecule has 0 unspecified atom stereocenters. The minimum absolute atomic E-state index is 0.126. The molecule has 8 heteroatoms. The zero-order chi connectivity index (χ0) is 17.8. The van der Waals surface area contributed by atoms with E-state index in [2.05, 4.69) is 10.5 Å². The van der Waals surface area contributed by atoms with Gasteiger partial charge in [-0.1, -0.05) is 23.4 Å². The molecule has 0 radical (unpaired) electrons. The molecule has 2 aromatic heterocycles. The SMILES string of the molecule is CSCc1c(C(=O)OCC(=O)Nc2cc(C)on2)oc2ccccc12. The molecule has 3 rings (SSSR count). The summed E-state index contributed by atoms with van der Waals surface area (Å²) in [5.41, 5.74) is 1.38. The number of rotatable bonds is 6. The lowest BCUT2D eigenvalue weighted by Gasteiger charge is -2.04. The number of fused-ring (bicyclic) bond motifs is 1. The van der Waals surface area contributed by atoms with Crippen molar-refractivity contribution in [1.29, 1.82) is 0 Å². The molecule has 3 aromatic rings. The normalized spacial score (nSPS) is 10.8. The van der Waals surface area contributed by atoms with Gasteiger partial charge in [0.2, 0.25) is 5.76 Å². The van der Waals surface area contributed by atoms with E-state index in [1.54, 1.807) is 30.8 Å². The van der Waals surface area contributed by atoms with Crippen molar-refractivity contribution in [3.05, 3.63) is 47.4 Å². The number of esters is 1. The molecular weight excluding hydrogens is 344 g/mol. The number of carbonyl (C=O) groups is 2. The Morgan fingerprint density at radius 2 is 2.12 bits per heavy atom. The third-order valence-electron chi connectivity index (χ3n) is 3.40. The predicted octanol–water partition coefficient (Wildman–Crippen LogP) is 3.39. The summed E-state index contributed by atoms with van der Waals surface area (Å²) in [6.45, 7) is 1.26. The number of anilines is 1. The average Bonchev–Trinajstić information content (AvgIpc) is 3.17. The van der Waals surface area contributed by atoms with Crippen molar-refractivity contribution in [3.63, 3.8) is 0 Å². The number of amides is 1. The van der Waals surface area contributed by atoms with Crippen molar-refractivity contribution in [2.45, 2.75) is 12.7 Å². The van der Waals surface area contributed by atoms with Gasteiger partial charge < -0.3 is 19.0 Å². The van der Waals surface area contributed by atoms with Crippen LogP contribution in [0.3, 0.4) is 0 Å². The van der Waals surface area contributed by atoms with E-state index < -0.39 is 18.5 Å². The summed E-state index contributed by atoms with van der Waals surface area (Å²) >= 11 is 1.57. The number of para-hydroxylation sites is 1. The third-order valence-corrected chi connectivity index (χ3v) is 3.98. The molecule has 0 spiro atoms. The van der Waals surface area contributed by atoms with Gasteiger partial charge in [0, 0.05) is 22.8 Å². The van der Waals surface area contributed by atoms with Gasteiger partial charge in [0.25, 0.3) is 5.91 Å². The van der Waals surface area contributed by atoms with E-state index in [0.717, 1.165) is 10.9 Å². The van der Waals surface area contributed by atoms with Crippen molar-refractivity contribution >= 4 is 40.4 Å². The van der Waals surface area contributed by atoms with E-state index >= 15 is 0 Å². The number of thioether (sulfide) groups is 1. The molecule has 1 aromatic carbocycles. The van der Waals surface area contributed by atoms with E-state index in [-0.39, 0.29) is 11.6 Å². The molecule has 0 aliphatic rings. The minimum atomic E-state index is -0.674. The van der Waals surface area contributed by atoms with Gasteiger partial charge in [0.05, 0.1) is 0 Å². The third kappa shape index (κ3) is 3.85. The topological polar surface area (TPSA) is 94.6 Å². The molecule has 1 amide bonds. The fourth-order valence-electron chi connectivity index (χ4n) is 2.35. The summed E-state index contributed by atoms with van der Waals surface area (Å²) < 4.78 is 15.5. The Balaban J connectivity index is 1.69. The van der Waals surface area contributed by atoms with Crippen LogP contribution in [-0.2, 0) is 15.3 Å². The Kier molecular flexibility index (Phi) is 5.08. The van der Waals surface area contributed by atoms with E-state index in [0.29, 0.717) is 17.1 Å². The van der Waals surface area contributed by atoms with Gasteiger partial charge in [0.15, 0.2) is 12.4 Å².